The van der Waals surface area contributed by atoms with Crippen LogP contribution in [0.5, 0.6) is 0 Å². The molecule has 0 heterocycles. The van der Waals surface area contributed by atoms with Crippen molar-refractivity contribution in [3.05, 3.63) is 29.8 Å². The summed E-state index contributed by atoms with van der Waals surface area (Å²) in [5.41, 5.74) is -0.888. The Morgan fingerprint density at radius 2 is 1.79 bits per heavy atom. The van der Waals surface area contributed by atoms with Gasteiger partial charge in [0, 0.05) is 12.1 Å². The molecule has 0 aliphatic rings. The summed E-state index contributed by atoms with van der Waals surface area (Å²) in [4.78, 5) is 34.6. The summed E-state index contributed by atoms with van der Waals surface area (Å²) >= 11 is 0. The predicted molar refractivity (Wildman–Crippen MR) is 75.4 cm³/mol. The average Bonchev–Trinajstić information content (AvgIpc) is 2.52. The van der Waals surface area contributed by atoms with Crippen LogP contribution < -0.4 is 5.32 Å². The Bertz CT molecular complexity index is 663. The Hall–Kier alpha value is -2.89. The van der Waals surface area contributed by atoms with Crippen molar-refractivity contribution < 1.29 is 32.3 Å². The van der Waals surface area contributed by atoms with Crippen LogP contribution >= 0.6 is 0 Å². The van der Waals surface area contributed by atoms with Crippen molar-refractivity contribution in [3.63, 3.8) is 0 Å². The number of ether oxygens (including phenoxy) is 1. The van der Waals surface area contributed by atoms with Gasteiger partial charge < -0.3 is 10.1 Å². The molecule has 9 heteroatoms. The number of esters is 1. The van der Waals surface area contributed by atoms with Crippen LogP contribution in [0.25, 0.3) is 0 Å². The van der Waals surface area contributed by atoms with Gasteiger partial charge in [0.05, 0.1) is 25.2 Å². The van der Waals surface area contributed by atoms with Gasteiger partial charge in [-0.1, -0.05) is 0 Å². The molecule has 1 amide bonds. The van der Waals surface area contributed by atoms with E-state index in [-0.39, 0.29) is 18.5 Å². The van der Waals surface area contributed by atoms with E-state index in [9.17, 15) is 27.6 Å². The lowest BCUT2D eigenvalue weighted by molar-refractivity contribution is -0.142. The first kappa shape index (κ1) is 19.2. The Morgan fingerprint density at radius 1 is 1.21 bits per heavy atom. The first-order chi connectivity index (χ1) is 11.2. The predicted octanol–water partition coefficient (Wildman–Crippen LogP) is 2.31. The molecule has 1 rings (SSSR count). The van der Waals surface area contributed by atoms with Crippen molar-refractivity contribution in [1.29, 1.82) is 5.26 Å². The number of carbonyl (C=O) groups is 3. The van der Waals surface area contributed by atoms with Crippen LogP contribution in [0.15, 0.2) is 24.3 Å². The largest absolute Gasteiger partial charge is 0.469 e. The highest BCUT2D eigenvalue weighted by molar-refractivity contribution is 6.09. The van der Waals surface area contributed by atoms with E-state index in [1.165, 1.54) is 6.07 Å². The van der Waals surface area contributed by atoms with Crippen molar-refractivity contribution >= 4 is 23.3 Å². The Balaban J connectivity index is 2.72. The third-order valence-electron chi connectivity index (χ3n) is 3.00. The van der Waals surface area contributed by atoms with Crippen LogP contribution in [0.2, 0.25) is 0 Å². The van der Waals surface area contributed by atoms with Gasteiger partial charge in [-0.2, -0.15) is 18.4 Å². The minimum atomic E-state index is -4.51. The van der Waals surface area contributed by atoms with Crippen LogP contribution in [0.1, 0.15) is 18.4 Å². The average molecular weight is 342 g/mol. The van der Waals surface area contributed by atoms with Gasteiger partial charge in [-0.15, -0.1) is 0 Å². The number of hydrogen-bond acceptors (Lipinski definition) is 5. The zero-order valence-electron chi connectivity index (χ0n) is 12.5. The molecule has 0 aliphatic heterocycles. The Labute approximate surface area is 135 Å². The van der Waals surface area contributed by atoms with Crippen molar-refractivity contribution in [2.24, 2.45) is 5.92 Å². The molecular formula is C15H13F3N2O4. The van der Waals surface area contributed by atoms with Crippen LogP contribution in [-0.4, -0.2) is 24.8 Å². The SMILES string of the molecule is COC(=O)CCC(=O)C(C#N)C(=O)Nc1ccc(C(F)(F)F)cc1. The second-order valence-electron chi connectivity index (χ2n) is 4.67. The second kappa shape index (κ2) is 8.10. The number of anilines is 1. The molecule has 0 saturated heterocycles. The number of ketones is 1. The third kappa shape index (κ3) is 5.39. The van der Waals surface area contributed by atoms with Crippen LogP contribution in [0.4, 0.5) is 18.9 Å². The maximum Gasteiger partial charge on any atom is 0.416 e. The highest BCUT2D eigenvalue weighted by Crippen LogP contribution is 2.29. The first-order valence-electron chi connectivity index (χ1n) is 6.66. The number of nitrogens with one attached hydrogen (secondary N) is 1. The number of rotatable bonds is 6. The van der Waals surface area contributed by atoms with E-state index in [0.29, 0.717) is 0 Å². The zero-order valence-corrected chi connectivity index (χ0v) is 12.5. The van der Waals surface area contributed by atoms with E-state index in [0.717, 1.165) is 31.4 Å². The molecule has 0 spiro atoms. The minimum absolute atomic E-state index is 0.00835. The molecule has 0 aromatic heterocycles. The number of Topliss-reactive ketones (excluding diaryl/α,β-unsaturated/α-hetero) is 1. The topological polar surface area (TPSA) is 96.3 Å². The van der Waals surface area contributed by atoms with Gasteiger partial charge in [-0.25, -0.2) is 0 Å². The summed E-state index contributed by atoms with van der Waals surface area (Å²) in [6.45, 7) is 0. The molecular weight excluding hydrogens is 329 g/mol. The lowest BCUT2D eigenvalue weighted by Gasteiger charge is -2.11. The van der Waals surface area contributed by atoms with E-state index in [1.807, 2.05) is 0 Å². The number of benzene rings is 1. The molecule has 24 heavy (non-hydrogen) atoms. The fourth-order valence-corrected chi connectivity index (χ4v) is 1.71. The van der Waals surface area contributed by atoms with E-state index >= 15 is 0 Å². The smallest absolute Gasteiger partial charge is 0.416 e. The summed E-state index contributed by atoms with van der Waals surface area (Å²) in [6, 6.07) is 5.04. The first-order valence-corrected chi connectivity index (χ1v) is 6.66. The Morgan fingerprint density at radius 3 is 2.25 bits per heavy atom. The quantitative estimate of drug-likeness (QED) is 0.632. The maximum atomic E-state index is 12.4. The number of methoxy groups -OCH3 is 1. The molecule has 0 aliphatic carbocycles. The van der Waals surface area contributed by atoms with Gasteiger partial charge in [-0.05, 0) is 24.3 Å². The molecule has 1 atom stereocenters. The summed E-state index contributed by atoms with van der Waals surface area (Å²) in [6.07, 6.45) is -5.14. The number of amides is 1. The van der Waals surface area contributed by atoms with Gasteiger partial charge in [0.2, 0.25) is 5.91 Å². The molecule has 0 bridgehead atoms. The molecule has 1 aromatic carbocycles. The summed E-state index contributed by atoms with van der Waals surface area (Å²) in [5, 5.41) is 11.1. The number of halogens is 3. The van der Waals surface area contributed by atoms with Crippen LogP contribution in [0.3, 0.4) is 0 Å². The van der Waals surface area contributed by atoms with Crippen molar-refractivity contribution in [2.45, 2.75) is 19.0 Å². The van der Waals surface area contributed by atoms with E-state index < -0.39 is 35.3 Å². The van der Waals surface area contributed by atoms with Crippen LogP contribution in [-0.2, 0) is 25.3 Å². The normalized spacial score (nSPS) is 12.0. The van der Waals surface area contributed by atoms with Crippen LogP contribution in [0, 0.1) is 17.2 Å². The van der Waals surface area contributed by atoms with Gasteiger partial charge >= 0.3 is 12.1 Å². The molecule has 1 N–H and O–H groups in total. The van der Waals surface area contributed by atoms with Crippen molar-refractivity contribution in [3.8, 4) is 6.07 Å². The molecule has 6 nitrogen and oxygen atoms in total. The molecule has 0 radical (unpaired) electrons. The summed E-state index contributed by atoms with van der Waals surface area (Å²) in [5.74, 6) is -4.10. The lowest BCUT2D eigenvalue weighted by Crippen LogP contribution is -2.29. The fraction of sp³-hybridized carbons (Fsp3) is 0.333. The Kier molecular flexibility index (Phi) is 6.47. The fourth-order valence-electron chi connectivity index (χ4n) is 1.71. The maximum absolute atomic E-state index is 12.4. The number of nitriles is 1. The number of nitrogens with zero attached hydrogens (tertiary/aromatic N) is 1. The molecule has 1 aromatic rings. The number of alkyl halides is 3. The minimum Gasteiger partial charge on any atom is -0.469 e. The van der Waals surface area contributed by atoms with E-state index in [2.05, 4.69) is 10.1 Å². The zero-order chi connectivity index (χ0) is 18.3. The molecule has 128 valence electrons. The molecule has 1 unspecified atom stereocenters. The second-order valence-corrected chi connectivity index (χ2v) is 4.67. The highest BCUT2D eigenvalue weighted by atomic mass is 19.4. The van der Waals surface area contributed by atoms with E-state index in [4.69, 9.17) is 5.26 Å². The number of hydrogen-bond donors (Lipinski definition) is 1. The van der Waals surface area contributed by atoms with Gasteiger partial charge in [-0.3, -0.25) is 14.4 Å². The van der Waals surface area contributed by atoms with Gasteiger partial charge in [0.25, 0.3) is 0 Å². The highest BCUT2D eigenvalue weighted by Gasteiger charge is 2.30. The molecule has 0 saturated carbocycles. The monoisotopic (exact) mass is 342 g/mol. The van der Waals surface area contributed by atoms with Gasteiger partial charge in [0.1, 0.15) is 0 Å². The molecule has 0 fully saturated rings. The summed E-state index contributed by atoms with van der Waals surface area (Å²) < 4.78 is 41.7. The lowest BCUT2D eigenvalue weighted by atomic mass is 10.0. The van der Waals surface area contributed by atoms with Crippen molar-refractivity contribution in [2.75, 3.05) is 12.4 Å². The van der Waals surface area contributed by atoms with E-state index in [1.54, 1.807) is 0 Å². The third-order valence-corrected chi connectivity index (χ3v) is 3.00. The summed E-state index contributed by atoms with van der Waals surface area (Å²) in [7, 11) is 1.13. The van der Waals surface area contributed by atoms with Crippen molar-refractivity contribution in [1.82, 2.24) is 0 Å². The number of carbonyl (C=O) groups excluding carboxylic acids is 3. The van der Waals surface area contributed by atoms with Gasteiger partial charge in [0.15, 0.2) is 11.7 Å². The standard InChI is InChI=1S/C15H13F3N2O4/c1-24-13(22)7-6-12(21)11(8-19)14(23)20-10-4-2-9(3-5-10)15(16,17)18/h2-5,11H,6-7H2,1H3,(H,20,23).